The number of ether oxygens (including phenoxy) is 1. The average molecular weight is 490 g/mol. The molecule has 0 bridgehead atoms. The Bertz CT molecular complexity index is 688. The molecule has 1 amide bonds. The van der Waals surface area contributed by atoms with E-state index in [1.807, 2.05) is 0 Å². The minimum Gasteiger partial charge on any atom is -0.481 e. The lowest BCUT2D eigenvalue weighted by atomic mass is 10.1. The average Bonchev–Trinajstić information content (AvgIpc) is 2.80. The van der Waals surface area contributed by atoms with Crippen LogP contribution in [0.4, 0.5) is 4.79 Å². The van der Waals surface area contributed by atoms with Crippen molar-refractivity contribution in [2.24, 2.45) is 5.92 Å². The normalized spacial score (nSPS) is 25.5. The van der Waals surface area contributed by atoms with E-state index < -0.39 is 58.5 Å². The third-order valence-corrected chi connectivity index (χ3v) is 16.1. The number of amides is 1. The first kappa shape index (κ1) is 29.1. The molecule has 0 unspecified atom stereocenters. The van der Waals surface area contributed by atoms with E-state index in [9.17, 15) is 14.7 Å². The Morgan fingerprint density at radius 2 is 1.22 bits per heavy atom. The summed E-state index contributed by atoms with van der Waals surface area (Å²) in [5.41, 5.74) is -0.651. The maximum Gasteiger partial charge on any atom is 0.407 e. The number of carboxylic acid groups (broad SMARTS) is 1. The van der Waals surface area contributed by atoms with Gasteiger partial charge in [0.1, 0.15) is 5.60 Å². The monoisotopic (exact) mass is 489 g/mol. The van der Waals surface area contributed by atoms with E-state index in [1.165, 1.54) is 0 Å². The largest absolute Gasteiger partial charge is 0.481 e. The molecule has 0 aromatic rings. The highest BCUT2D eigenvalue weighted by molar-refractivity contribution is 6.74. The number of aliphatic carboxylic acids is 1. The summed E-state index contributed by atoms with van der Waals surface area (Å²) in [6.45, 7) is 26.7. The number of hydrogen-bond donors (Lipinski definition) is 2. The minimum atomic E-state index is -2.30. The fourth-order valence-electron chi connectivity index (χ4n) is 3.17. The van der Waals surface area contributed by atoms with Crippen LogP contribution in [0.25, 0.3) is 0 Å². The van der Waals surface area contributed by atoms with Crippen molar-refractivity contribution < 1.29 is 28.3 Å². The molecule has 1 aliphatic carbocycles. The van der Waals surface area contributed by atoms with Crippen molar-refractivity contribution in [3.8, 4) is 0 Å². The van der Waals surface area contributed by atoms with Gasteiger partial charge in [0.05, 0.1) is 24.2 Å². The first-order valence-electron chi connectivity index (χ1n) is 11.6. The summed E-state index contributed by atoms with van der Waals surface area (Å²) in [5.74, 6) is -1.69. The van der Waals surface area contributed by atoms with Gasteiger partial charge in [0, 0.05) is 0 Å². The zero-order valence-corrected chi connectivity index (χ0v) is 24.5. The highest BCUT2D eigenvalue weighted by Crippen LogP contribution is 2.45. The second-order valence-corrected chi connectivity index (χ2v) is 22.6. The molecule has 0 heterocycles. The molecule has 1 rings (SSSR count). The maximum absolute atomic E-state index is 12.6. The first-order valence-corrected chi connectivity index (χ1v) is 17.4. The third kappa shape index (κ3) is 7.30. The van der Waals surface area contributed by atoms with Crippen LogP contribution in [0.2, 0.25) is 36.3 Å². The van der Waals surface area contributed by atoms with Crippen molar-refractivity contribution in [1.82, 2.24) is 5.32 Å². The zero-order valence-electron chi connectivity index (χ0n) is 22.5. The van der Waals surface area contributed by atoms with Crippen LogP contribution in [0.5, 0.6) is 0 Å². The minimum absolute atomic E-state index is 0.0771. The lowest BCUT2D eigenvalue weighted by Gasteiger charge is -2.44. The molecule has 1 aliphatic rings. The molecule has 2 N–H and O–H groups in total. The zero-order chi connectivity index (χ0) is 25.5. The highest BCUT2D eigenvalue weighted by atomic mass is 28.4. The lowest BCUT2D eigenvalue weighted by Crippen LogP contribution is -2.56. The lowest BCUT2D eigenvalue weighted by molar-refractivity contribution is -0.145. The van der Waals surface area contributed by atoms with E-state index in [2.05, 4.69) is 73.0 Å². The fraction of sp³-hybridized carbons (Fsp3) is 0.913. The number of carboxylic acids is 1. The standard InChI is InChI=1S/C23H47NO6Si2/c1-21(2,3)28-20(27)24-16-14-15(19(25)26)17(29-31(10,11)22(4,5)6)18(16)30-32(12,13)23(7,8)9/h15-18H,14H2,1-13H3,(H,24,27)(H,25,26)/t15-,16+,17+,18-/m0/s1. The van der Waals surface area contributed by atoms with Gasteiger partial charge in [-0.25, -0.2) is 4.79 Å². The molecule has 7 nitrogen and oxygen atoms in total. The first-order chi connectivity index (χ1) is 14.0. The smallest absolute Gasteiger partial charge is 0.407 e. The van der Waals surface area contributed by atoms with Crippen molar-refractivity contribution in [2.45, 2.75) is 129 Å². The summed E-state index contributed by atoms with van der Waals surface area (Å²) in [4.78, 5) is 24.9. The number of alkyl carbamates (subject to hydrolysis) is 1. The molecular weight excluding hydrogens is 442 g/mol. The summed E-state index contributed by atoms with van der Waals surface area (Å²) in [6, 6.07) is -0.505. The van der Waals surface area contributed by atoms with E-state index in [4.69, 9.17) is 13.6 Å². The molecule has 0 radical (unpaired) electrons. The van der Waals surface area contributed by atoms with Crippen molar-refractivity contribution in [3.63, 3.8) is 0 Å². The topological polar surface area (TPSA) is 94.1 Å². The quantitative estimate of drug-likeness (QED) is 0.460. The Morgan fingerprint density at radius 1 is 0.812 bits per heavy atom. The van der Waals surface area contributed by atoms with Crippen LogP contribution in [0.1, 0.15) is 68.7 Å². The van der Waals surface area contributed by atoms with Gasteiger partial charge in [-0.05, 0) is 63.5 Å². The molecule has 1 saturated carbocycles. The van der Waals surface area contributed by atoms with Gasteiger partial charge in [0.2, 0.25) is 0 Å². The predicted molar refractivity (Wildman–Crippen MR) is 133 cm³/mol. The van der Waals surface area contributed by atoms with Crippen molar-refractivity contribution >= 4 is 28.7 Å². The molecule has 0 spiro atoms. The Morgan fingerprint density at radius 3 is 1.56 bits per heavy atom. The summed E-state index contributed by atoms with van der Waals surface area (Å²) < 4.78 is 18.9. The molecule has 0 aromatic heterocycles. The van der Waals surface area contributed by atoms with Crippen LogP contribution < -0.4 is 5.32 Å². The van der Waals surface area contributed by atoms with Crippen LogP contribution >= 0.6 is 0 Å². The Labute approximate surface area is 197 Å². The van der Waals surface area contributed by atoms with Crippen LogP contribution in [0.3, 0.4) is 0 Å². The van der Waals surface area contributed by atoms with E-state index in [0.29, 0.717) is 0 Å². The molecular formula is C23H47NO6Si2. The predicted octanol–water partition coefficient (Wildman–Crippen LogP) is 5.77. The van der Waals surface area contributed by atoms with Gasteiger partial charge in [-0.15, -0.1) is 0 Å². The molecule has 9 heteroatoms. The van der Waals surface area contributed by atoms with Crippen LogP contribution in [-0.4, -0.2) is 57.7 Å². The van der Waals surface area contributed by atoms with Gasteiger partial charge in [-0.3, -0.25) is 4.79 Å². The summed E-state index contributed by atoms with van der Waals surface area (Å²) >= 11 is 0. The van der Waals surface area contributed by atoms with Crippen LogP contribution in [0.15, 0.2) is 0 Å². The van der Waals surface area contributed by atoms with E-state index in [1.54, 1.807) is 20.8 Å². The SMILES string of the molecule is CC(C)(C)OC(=O)N[C@@H]1C[C@H](C(=O)O)[C@@H](O[Si](C)(C)C(C)(C)C)[C@H]1O[Si](C)(C)C(C)(C)C. The van der Waals surface area contributed by atoms with Gasteiger partial charge in [-0.2, -0.15) is 0 Å². The van der Waals surface area contributed by atoms with Gasteiger partial charge >= 0.3 is 12.1 Å². The third-order valence-electron chi connectivity index (χ3n) is 7.12. The van der Waals surface area contributed by atoms with Gasteiger partial charge in [0.15, 0.2) is 16.6 Å². The molecule has 0 aliphatic heterocycles. The number of carbonyl (C=O) groups excluding carboxylic acids is 1. The fourth-order valence-corrected chi connectivity index (χ4v) is 5.84. The van der Waals surface area contributed by atoms with Crippen molar-refractivity contribution in [3.05, 3.63) is 0 Å². The molecule has 0 aromatic carbocycles. The van der Waals surface area contributed by atoms with Gasteiger partial charge < -0.3 is 24.0 Å². The molecule has 32 heavy (non-hydrogen) atoms. The van der Waals surface area contributed by atoms with Crippen LogP contribution in [0, 0.1) is 5.92 Å². The summed E-state index contributed by atoms with van der Waals surface area (Å²) in [7, 11) is -4.59. The Balaban J connectivity index is 3.39. The van der Waals surface area contributed by atoms with Gasteiger partial charge in [0.25, 0.3) is 0 Å². The summed E-state index contributed by atoms with van der Waals surface area (Å²) in [5, 5.41) is 12.8. The van der Waals surface area contributed by atoms with Crippen LogP contribution in [-0.2, 0) is 18.4 Å². The molecule has 4 atom stereocenters. The van der Waals surface area contributed by atoms with E-state index in [-0.39, 0.29) is 16.5 Å². The number of rotatable bonds is 6. The van der Waals surface area contributed by atoms with Crippen molar-refractivity contribution in [1.29, 1.82) is 0 Å². The Hall–Kier alpha value is -0.906. The Kier molecular flexibility index (Phi) is 8.54. The van der Waals surface area contributed by atoms with E-state index in [0.717, 1.165) is 0 Å². The summed E-state index contributed by atoms with van der Waals surface area (Å²) in [6.07, 6.45) is -1.52. The van der Waals surface area contributed by atoms with Gasteiger partial charge in [-0.1, -0.05) is 41.5 Å². The second-order valence-electron chi connectivity index (χ2n) is 13.1. The number of nitrogens with one attached hydrogen (secondary N) is 1. The molecule has 188 valence electrons. The van der Waals surface area contributed by atoms with Crippen molar-refractivity contribution in [2.75, 3.05) is 0 Å². The van der Waals surface area contributed by atoms with E-state index >= 15 is 0 Å². The highest BCUT2D eigenvalue weighted by Gasteiger charge is 2.55. The number of hydrogen-bond acceptors (Lipinski definition) is 5. The maximum atomic E-state index is 12.6. The number of carbonyl (C=O) groups is 2. The second kappa shape index (κ2) is 9.39. The molecule has 0 saturated heterocycles. The molecule has 1 fully saturated rings.